The summed E-state index contributed by atoms with van der Waals surface area (Å²) in [4.78, 5) is 36.9. The van der Waals surface area contributed by atoms with Crippen LogP contribution >= 0.6 is 0 Å². The third-order valence-corrected chi connectivity index (χ3v) is 3.93. The number of carboxylic acid groups (broad SMARTS) is 1. The molecule has 1 aliphatic heterocycles. The second-order valence-electron chi connectivity index (χ2n) is 5.76. The highest BCUT2D eigenvalue weighted by molar-refractivity contribution is 5.92. The van der Waals surface area contributed by atoms with Gasteiger partial charge in [-0.2, -0.15) is 9.78 Å². The third kappa shape index (κ3) is 3.77. The first-order valence-corrected chi connectivity index (χ1v) is 7.93. The maximum Gasteiger partial charge on any atom is 0.306 e. The standard InChI is InChI=1S/C17H16FN3O5/c18-12-3-1-2-4-14(12)21-15(22)6-5-13(19-21)17(25)20-7-8-26-11(10-20)9-16(23)24/h1-6,11H,7-10H2,(H,23,24). The van der Waals surface area contributed by atoms with Crippen LogP contribution < -0.4 is 5.56 Å². The van der Waals surface area contributed by atoms with Gasteiger partial charge in [0.25, 0.3) is 11.5 Å². The van der Waals surface area contributed by atoms with Crippen LogP contribution in [0.4, 0.5) is 4.39 Å². The van der Waals surface area contributed by atoms with E-state index in [0.29, 0.717) is 0 Å². The summed E-state index contributed by atoms with van der Waals surface area (Å²) in [6.07, 6.45) is -0.825. The van der Waals surface area contributed by atoms with Gasteiger partial charge in [-0.15, -0.1) is 0 Å². The van der Waals surface area contributed by atoms with Crippen molar-refractivity contribution in [3.63, 3.8) is 0 Å². The number of hydrogen-bond donors (Lipinski definition) is 1. The Kier molecular flexibility index (Phi) is 5.08. The number of carboxylic acids is 1. The SMILES string of the molecule is O=C(O)CC1CN(C(=O)c2ccc(=O)n(-c3ccccc3F)n2)CCO1. The van der Waals surface area contributed by atoms with E-state index in [2.05, 4.69) is 5.10 Å². The molecule has 1 N–H and O–H groups in total. The maximum atomic E-state index is 13.9. The number of aromatic nitrogens is 2. The highest BCUT2D eigenvalue weighted by atomic mass is 19.1. The molecule has 1 atom stereocenters. The topological polar surface area (TPSA) is 102 Å². The largest absolute Gasteiger partial charge is 0.481 e. The van der Waals surface area contributed by atoms with Gasteiger partial charge in [-0.25, -0.2) is 4.39 Å². The lowest BCUT2D eigenvalue weighted by atomic mass is 10.2. The number of rotatable bonds is 4. The molecule has 1 unspecified atom stereocenters. The van der Waals surface area contributed by atoms with Crippen molar-refractivity contribution in [3.05, 3.63) is 58.3 Å². The van der Waals surface area contributed by atoms with Crippen molar-refractivity contribution in [1.29, 1.82) is 0 Å². The van der Waals surface area contributed by atoms with E-state index < -0.39 is 29.4 Å². The fourth-order valence-electron chi connectivity index (χ4n) is 2.71. The predicted molar refractivity (Wildman–Crippen MR) is 87.7 cm³/mol. The van der Waals surface area contributed by atoms with E-state index in [-0.39, 0.29) is 37.5 Å². The first kappa shape index (κ1) is 17.7. The van der Waals surface area contributed by atoms with Gasteiger partial charge in [0.1, 0.15) is 17.2 Å². The van der Waals surface area contributed by atoms with E-state index >= 15 is 0 Å². The average Bonchev–Trinajstić information content (AvgIpc) is 2.62. The van der Waals surface area contributed by atoms with Gasteiger partial charge in [-0.05, 0) is 18.2 Å². The van der Waals surface area contributed by atoms with Crippen LogP contribution in [0.1, 0.15) is 16.9 Å². The average molecular weight is 361 g/mol. The Morgan fingerprint density at radius 1 is 1.27 bits per heavy atom. The molecule has 0 bridgehead atoms. The number of para-hydroxylation sites is 1. The van der Waals surface area contributed by atoms with Gasteiger partial charge in [-0.3, -0.25) is 14.4 Å². The second kappa shape index (κ2) is 7.44. The lowest BCUT2D eigenvalue weighted by Crippen LogP contribution is -2.46. The van der Waals surface area contributed by atoms with Gasteiger partial charge in [0, 0.05) is 19.2 Å². The van der Waals surface area contributed by atoms with Gasteiger partial charge < -0.3 is 14.7 Å². The Bertz CT molecular complexity index is 898. The van der Waals surface area contributed by atoms with E-state index in [9.17, 15) is 18.8 Å². The molecule has 2 heterocycles. The molecule has 0 radical (unpaired) electrons. The number of carbonyl (C=O) groups is 2. The Hall–Kier alpha value is -3.07. The Morgan fingerprint density at radius 3 is 2.77 bits per heavy atom. The molecule has 1 aromatic carbocycles. The first-order valence-electron chi connectivity index (χ1n) is 7.93. The fraction of sp³-hybridized carbons (Fsp3) is 0.294. The highest BCUT2D eigenvalue weighted by Crippen LogP contribution is 2.13. The summed E-state index contributed by atoms with van der Waals surface area (Å²) in [7, 11) is 0. The summed E-state index contributed by atoms with van der Waals surface area (Å²) in [5.41, 5.74) is -0.668. The van der Waals surface area contributed by atoms with Crippen molar-refractivity contribution >= 4 is 11.9 Å². The molecule has 26 heavy (non-hydrogen) atoms. The molecule has 136 valence electrons. The van der Waals surface area contributed by atoms with Gasteiger partial charge >= 0.3 is 5.97 Å². The van der Waals surface area contributed by atoms with Gasteiger partial charge in [0.2, 0.25) is 0 Å². The Morgan fingerprint density at radius 2 is 2.04 bits per heavy atom. The number of amides is 1. The quantitative estimate of drug-likeness (QED) is 0.860. The van der Waals surface area contributed by atoms with E-state index in [1.807, 2.05) is 0 Å². The van der Waals surface area contributed by atoms with Crippen molar-refractivity contribution in [2.75, 3.05) is 19.7 Å². The number of nitrogens with zero attached hydrogens (tertiary/aromatic N) is 3. The van der Waals surface area contributed by atoms with Crippen molar-refractivity contribution in [2.45, 2.75) is 12.5 Å². The molecule has 9 heteroatoms. The normalized spacial score (nSPS) is 17.1. The molecule has 0 aliphatic carbocycles. The van der Waals surface area contributed by atoms with Crippen LogP contribution in [0, 0.1) is 5.82 Å². The molecule has 8 nitrogen and oxygen atoms in total. The number of carbonyl (C=O) groups excluding carboxylic acids is 1. The van der Waals surface area contributed by atoms with E-state index in [4.69, 9.17) is 9.84 Å². The van der Waals surface area contributed by atoms with Crippen LogP contribution in [0.5, 0.6) is 0 Å². The maximum absolute atomic E-state index is 13.9. The molecule has 0 saturated carbocycles. The zero-order chi connectivity index (χ0) is 18.7. The molecule has 1 amide bonds. The minimum Gasteiger partial charge on any atom is -0.481 e. The van der Waals surface area contributed by atoms with Crippen LogP contribution in [0.25, 0.3) is 5.69 Å². The Labute approximate surface area is 147 Å². The Balaban J connectivity index is 1.86. The van der Waals surface area contributed by atoms with E-state index in [1.165, 1.54) is 29.2 Å². The fourth-order valence-corrected chi connectivity index (χ4v) is 2.71. The monoisotopic (exact) mass is 361 g/mol. The van der Waals surface area contributed by atoms with Crippen LogP contribution in [0.2, 0.25) is 0 Å². The molecule has 1 fully saturated rings. The van der Waals surface area contributed by atoms with Crippen molar-refractivity contribution in [1.82, 2.24) is 14.7 Å². The minimum absolute atomic E-state index is 0.0381. The summed E-state index contributed by atoms with van der Waals surface area (Å²) in [5, 5.41) is 12.8. The molecular weight excluding hydrogens is 345 g/mol. The van der Waals surface area contributed by atoms with Crippen molar-refractivity contribution in [2.24, 2.45) is 0 Å². The summed E-state index contributed by atoms with van der Waals surface area (Å²) >= 11 is 0. The van der Waals surface area contributed by atoms with Crippen LogP contribution in [-0.4, -0.2) is 57.5 Å². The number of hydrogen-bond acceptors (Lipinski definition) is 5. The molecule has 1 aromatic heterocycles. The molecule has 1 saturated heterocycles. The van der Waals surface area contributed by atoms with Gasteiger partial charge in [0.15, 0.2) is 0 Å². The smallest absolute Gasteiger partial charge is 0.306 e. The van der Waals surface area contributed by atoms with Crippen molar-refractivity contribution in [3.8, 4) is 5.69 Å². The zero-order valence-electron chi connectivity index (χ0n) is 13.7. The predicted octanol–water partition coefficient (Wildman–Crippen LogP) is 0.687. The number of morpholine rings is 1. The summed E-state index contributed by atoms with van der Waals surface area (Å²) in [5.74, 6) is -2.14. The lowest BCUT2D eigenvalue weighted by Gasteiger charge is -2.32. The number of halogens is 1. The third-order valence-electron chi connectivity index (χ3n) is 3.93. The number of aliphatic carboxylic acids is 1. The molecule has 0 spiro atoms. The van der Waals surface area contributed by atoms with E-state index in [0.717, 1.165) is 10.7 Å². The molecular formula is C17H16FN3O5. The van der Waals surface area contributed by atoms with E-state index in [1.54, 1.807) is 6.07 Å². The van der Waals surface area contributed by atoms with Crippen LogP contribution in [-0.2, 0) is 9.53 Å². The summed E-state index contributed by atoms with van der Waals surface area (Å²) in [6.45, 7) is 0.581. The van der Waals surface area contributed by atoms with Crippen LogP contribution in [0.15, 0.2) is 41.2 Å². The highest BCUT2D eigenvalue weighted by Gasteiger charge is 2.27. The van der Waals surface area contributed by atoms with Crippen molar-refractivity contribution < 1.29 is 23.8 Å². The zero-order valence-corrected chi connectivity index (χ0v) is 13.7. The van der Waals surface area contributed by atoms with Gasteiger partial charge in [0.05, 0.1) is 19.1 Å². The lowest BCUT2D eigenvalue weighted by molar-refractivity contribution is -0.141. The summed E-state index contributed by atoms with van der Waals surface area (Å²) in [6, 6.07) is 8.02. The van der Waals surface area contributed by atoms with Crippen LogP contribution in [0.3, 0.4) is 0 Å². The summed E-state index contributed by atoms with van der Waals surface area (Å²) < 4.78 is 20.1. The number of benzene rings is 1. The molecule has 2 aromatic rings. The van der Waals surface area contributed by atoms with Gasteiger partial charge in [-0.1, -0.05) is 12.1 Å². The molecule has 1 aliphatic rings. The second-order valence-corrected chi connectivity index (χ2v) is 5.76. The first-order chi connectivity index (χ1) is 12.5. The molecule has 3 rings (SSSR count). The minimum atomic E-state index is -1.02. The number of ether oxygens (including phenoxy) is 1.